The second-order valence-electron chi connectivity index (χ2n) is 4.69. The third-order valence-corrected chi connectivity index (χ3v) is 3.04. The summed E-state index contributed by atoms with van der Waals surface area (Å²) in [6.45, 7) is -0.306. The molecule has 0 fully saturated rings. The lowest BCUT2D eigenvalue weighted by Crippen LogP contribution is -2.23. The van der Waals surface area contributed by atoms with Crippen molar-refractivity contribution in [2.45, 2.75) is 13.2 Å². The average molecular weight is 311 g/mol. The first-order valence-corrected chi connectivity index (χ1v) is 6.91. The summed E-state index contributed by atoms with van der Waals surface area (Å²) in [5, 5.41) is 7.73. The molecule has 0 aliphatic heterocycles. The molecular weight excluding hydrogens is 298 g/mol. The van der Waals surface area contributed by atoms with E-state index in [0.717, 1.165) is 5.56 Å². The Morgan fingerprint density at radius 1 is 1.09 bits per heavy atom. The van der Waals surface area contributed by atoms with Crippen molar-refractivity contribution in [1.29, 1.82) is 0 Å². The fraction of sp³-hybridized carbons (Fsp3) is 0.125. The lowest BCUT2D eigenvalue weighted by Gasteiger charge is -2.04. The highest BCUT2D eigenvalue weighted by Gasteiger charge is 2.11. The maximum atomic E-state index is 11.7. The van der Waals surface area contributed by atoms with E-state index in [2.05, 4.69) is 10.2 Å². The van der Waals surface area contributed by atoms with Gasteiger partial charge in [-0.15, -0.1) is 10.2 Å². The Morgan fingerprint density at radius 3 is 2.65 bits per heavy atom. The van der Waals surface area contributed by atoms with Gasteiger partial charge in [-0.05, 0) is 18.2 Å². The van der Waals surface area contributed by atoms with Gasteiger partial charge < -0.3 is 13.7 Å². The number of esters is 1. The fourth-order valence-electron chi connectivity index (χ4n) is 1.93. The first kappa shape index (κ1) is 14.7. The summed E-state index contributed by atoms with van der Waals surface area (Å²) in [5.74, 6) is -0.00806. The molecule has 0 spiro atoms. The van der Waals surface area contributed by atoms with Crippen LogP contribution in [0.1, 0.15) is 5.89 Å². The van der Waals surface area contributed by atoms with Crippen LogP contribution >= 0.6 is 0 Å². The Labute approximate surface area is 131 Å². The number of ether oxygens (including phenoxy) is 1. The largest absolute Gasteiger partial charge is 0.454 e. The molecule has 3 rings (SSSR count). The maximum Gasteiger partial charge on any atom is 0.326 e. The van der Waals surface area contributed by atoms with Crippen LogP contribution in [0, 0.1) is 0 Å². The van der Waals surface area contributed by atoms with Crippen LogP contribution < -0.4 is 5.56 Å². The number of nitrogens with zero attached hydrogens (tertiary/aromatic N) is 3. The zero-order valence-corrected chi connectivity index (χ0v) is 12.1. The highest BCUT2D eigenvalue weighted by atomic mass is 16.5. The van der Waals surface area contributed by atoms with Crippen molar-refractivity contribution in [1.82, 2.24) is 14.8 Å². The van der Waals surface area contributed by atoms with Gasteiger partial charge in [-0.25, -0.2) is 0 Å². The number of hydrogen-bond acceptors (Lipinski definition) is 6. The number of benzene rings is 1. The molecule has 7 heteroatoms. The number of rotatable bonds is 5. The van der Waals surface area contributed by atoms with Crippen molar-refractivity contribution in [2.24, 2.45) is 0 Å². The highest BCUT2D eigenvalue weighted by Crippen LogP contribution is 2.17. The van der Waals surface area contributed by atoms with E-state index in [1.165, 1.54) is 16.8 Å². The van der Waals surface area contributed by atoms with Gasteiger partial charge in [-0.3, -0.25) is 9.59 Å². The Balaban J connectivity index is 1.59. The van der Waals surface area contributed by atoms with Crippen molar-refractivity contribution in [3.8, 4) is 11.5 Å². The Hall–Kier alpha value is -3.22. The molecule has 0 unspecified atom stereocenters. The summed E-state index contributed by atoms with van der Waals surface area (Å²) in [4.78, 5) is 23.2. The molecule has 0 atom stereocenters. The van der Waals surface area contributed by atoms with Gasteiger partial charge in [0.05, 0.1) is 0 Å². The van der Waals surface area contributed by atoms with Crippen LogP contribution in [0.25, 0.3) is 11.5 Å². The molecule has 2 aromatic heterocycles. The number of aromatic nitrogens is 3. The molecule has 0 aliphatic rings. The zero-order valence-electron chi connectivity index (χ0n) is 12.1. The van der Waals surface area contributed by atoms with E-state index in [1.807, 2.05) is 30.3 Å². The van der Waals surface area contributed by atoms with Gasteiger partial charge in [0.15, 0.2) is 6.61 Å². The summed E-state index contributed by atoms with van der Waals surface area (Å²) in [5.41, 5.74) is 0.516. The molecule has 116 valence electrons. The molecule has 23 heavy (non-hydrogen) atoms. The van der Waals surface area contributed by atoms with E-state index >= 15 is 0 Å². The fourth-order valence-corrected chi connectivity index (χ4v) is 1.93. The standard InChI is InChI=1S/C16H13N3O4/c20-14-8-4-5-9-19(14)10-15(21)22-11-13-17-18-16(23-13)12-6-2-1-3-7-12/h1-9H,10-11H2. The van der Waals surface area contributed by atoms with Crippen molar-refractivity contribution in [2.75, 3.05) is 0 Å². The molecule has 0 radical (unpaired) electrons. The minimum absolute atomic E-state index is 0.139. The predicted molar refractivity (Wildman–Crippen MR) is 80.2 cm³/mol. The summed E-state index contributed by atoms with van der Waals surface area (Å²) in [6, 6.07) is 13.9. The molecular formula is C16H13N3O4. The van der Waals surface area contributed by atoms with Gasteiger partial charge >= 0.3 is 5.97 Å². The molecule has 7 nitrogen and oxygen atoms in total. The van der Waals surface area contributed by atoms with E-state index in [9.17, 15) is 9.59 Å². The molecule has 1 aromatic carbocycles. The van der Waals surface area contributed by atoms with Crippen LogP contribution in [-0.2, 0) is 22.7 Å². The Kier molecular flexibility index (Phi) is 4.28. The minimum Gasteiger partial charge on any atom is -0.454 e. The Morgan fingerprint density at radius 2 is 1.87 bits per heavy atom. The lowest BCUT2D eigenvalue weighted by molar-refractivity contribution is -0.146. The van der Waals surface area contributed by atoms with Gasteiger partial charge in [0, 0.05) is 17.8 Å². The first-order chi connectivity index (χ1) is 11.2. The van der Waals surface area contributed by atoms with Crippen molar-refractivity contribution < 1.29 is 13.9 Å². The molecule has 2 heterocycles. The monoisotopic (exact) mass is 311 g/mol. The third-order valence-electron chi connectivity index (χ3n) is 3.04. The summed E-state index contributed by atoms with van der Waals surface area (Å²) in [7, 11) is 0. The topological polar surface area (TPSA) is 87.2 Å². The van der Waals surface area contributed by atoms with E-state index in [-0.39, 0.29) is 24.6 Å². The molecule has 0 amide bonds. The quantitative estimate of drug-likeness (QED) is 0.666. The number of carbonyl (C=O) groups is 1. The Bertz CT molecular complexity index is 855. The van der Waals surface area contributed by atoms with Gasteiger partial charge in [-0.1, -0.05) is 24.3 Å². The number of carbonyl (C=O) groups excluding carboxylic acids is 1. The molecule has 0 saturated carbocycles. The van der Waals surface area contributed by atoms with Crippen LogP contribution in [-0.4, -0.2) is 20.7 Å². The van der Waals surface area contributed by atoms with Crippen LogP contribution in [0.4, 0.5) is 0 Å². The predicted octanol–water partition coefficient (Wildman–Crippen LogP) is 1.64. The lowest BCUT2D eigenvalue weighted by atomic mass is 10.2. The van der Waals surface area contributed by atoms with E-state index in [4.69, 9.17) is 9.15 Å². The summed E-state index contributed by atoms with van der Waals surface area (Å²) >= 11 is 0. The summed E-state index contributed by atoms with van der Waals surface area (Å²) in [6.07, 6.45) is 1.52. The normalized spacial score (nSPS) is 10.4. The third kappa shape index (κ3) is 3.70. The average Bonchev–Trinajstić information content (AvgIpc) is 3.05. The van der Waals surface area contributed by atoms with Crippen LogP contribution in [0.2, 0.25) is 0 Å². The van der Waals surface area contributed by atoms with E-state index in [0.29, 0.717) is 5.89 Å². The van der Waals surface area contributed by atoms with Gasteiger partial charge in [0.1, 0.15) is 6.54 Å². The van der Waals surface area contributed by atoms with E-state index in [1.54, 1.807) is 12.1 Å². The SMILES string of the molecule is O=C(Cn1ccccc1=O)OCc1nnc(-c2ccccc2)o1. The van der Waals surface area contributed by atoms with Gasteiger partial charge in [-0.2, -0.15) is 0 Å². The molecule has 0 aliphatic carbocycles. The second-order valence-corrected chi connectivity index (χ2v) is 4.69. The number of hydrogen-bond donors (Lipinski definition) is 0. The first-order valence-electron chi connectivity index (χ1n) is 6.91. The van der Waals surface area contributed by atoms with Crippen LogP contribution in [0.3, 0.4) is 0 Å². The minimum atomic E-state index is -0.558. The van der Waals surface area contributed by atoms with Crippen LogP contribution in [0.15, 0.2) is 63.9 Å². The van der Waals surface area contributed by atoms with Crippen molar-refractivity contribution >= 4 is 5.97 Å². The zero-order chi connectivity index (χ0) is 16.1. The van der Waals surface area contributed by atoms with Gasteiger partial charge in [0.2, 0.25) is 5.89 Å². The number of pyridine rings is 1. The van der Waals surface area contributed by atoms with E-state index < -0.39 is 5.97 Å². The second kappa shape index (κ2) is 6.69. The van der Waals surface area contributed by atoms with Crippen molar-refractivity contribution in [3.63, 3.8) is 0 Å². The van der Waals surface area contributed by atoms with Gasteiger partial charge in [0.25, 0.3) is 11.4 Å². The summed E-state index contributed by atoms with van der Waals surface area (Å²) < 4.78 is 11.7. The maximum absolute atomic E-state index is 11.7. The van der Waals surface area contributed by atoms with Crippen molar-refractivity contribution in [3.05, 3.63) is 71.0 Å². The molecule has 3 aromatic rings. The smallest absolute Gasteiger partial charge is 0.326 e. The molecule has 0 bridgehead atoms. The molecule has 0 saturated heterocycles. The van der Waals surface area contributed by atoms with Crippen LogP contribution in [0.5, 0.6) is 0 Å². The highest BCUT2D eigenvalue weighted by molar-refractivity contribution is 5.69. The molecule has 0 N–H and O–H groups in total.